The molecule has 31 heavy (non-hydrogen) atoms. The molecule has 9 heteroatoms. The number of aromatic nitrogens is 1. The average molecular weight is 445 g/mol. The minimum Gasteiger partial charge on any atom is -0.342 e. The maximum atomic E-state index is 13.2. The Bertz CT molecular complexity index is 876. The highest BCUT2D eigenvalue weighted by molar-refractivity contribution is 6.30. The van der Waals surface area contributed by atoms with Gasteiger partial charge >= 0.3 is 0 Å². The Hall–Kier alpha value is -2.58. The summed E-state index contributed by atoms with van der Waals surface area (Å²) in [5.74, 6) is -0.00863. The van der Waals surface area contributed by atoms with Gasteiger partial charge in [0.25, 0.3) is 5.91 Å². The number of likely N-dealkylation sites (N-methyl/N-ethyl adjacent to an activating group) is 1. The van der Waals surface area contributed by atoms with Crippen molar-refractivity contribution in [1.82, 2.24) is 14.8 Å². The van der Waals surface area contributed by atoms with E-state index in [-0.39, 0.29) is 23.9 Å². The molecule has 1 aromatic heterocycles. The van der Waals surface area contributed by atoms with Gasteiger partial charge in [-0.1, -0.05) is 11.6 Å². The number of carbonyl (C=O) groups excluding carboxylic acids is 2. The molecule has 3 heterocycles. The van der Waals surface area contributed by atoms with Crippen LogP contribution in [-0.4, -0.2) is 78.3 Å². The fourth-order valence-electron chi connectivity index (χ4n) is 4.06. The van der Waals surface area contributed by atoms with Crippen LogP contribution in [0.2, 0.25) is 5.02 Å². The summed E-state index contributed by atoms with van der Waals surface area (Å²) in [5.41, 5.74) is 0.580. The van der Waals surface area contributed by atoms with E-state index in [1.165, 1.54) is 23.9 Å². The van der Waals surface area contributed by atoms with Crippen LogP contribution in [0.3, 0.4) is 0 Å². The molecule has 0 radical (unpaired) electrons. The van der Waals surface area contributed by atoms with Crippen molar-refractivity contribution in [2.45, 2.75) is 39.2 Å². The van der Waals surface area contributed by atoms with Gasteiger partial charge in [-0.3, -0.25) is 24.5 Å². The average Bonchev–Trinajstić information content (AvgIpc) is 3.36. The van der Waals surface area contributed by atoms with Gasteiger partial charge in [-0.15, -0.1) is 0 Å². The molecular weight excluding hydrogens is 416 g/mol. The lowest BCUT2D eigenvalue weighted by molar-refractivity contribution is -0.131. The van der Waals surface area contributed by atoms with Gasteiger partial charge in [0.1, 0.15) is 5.82 Å². The summed E-state index contributed by atoms with van der Waals surface area (Å²) < 4.78 is 0. The summed E-state index contributed by atoms with van der Waals surface area (Å²) in [5, 5.41) is 0.462. The van der Waals surface area contributed by atoms with E-state index in [2.05, 4.69) is 26.6 Å². The van der Waals surface area contributed by atoms with Crippen molar-refractivity contribution in [3.05, 3.63) is 34.7 Å². The number of rotatable bonds is 9. The third kappa shape index (κ3) is 5.19. The highest BCUT2D eigenvalue weighted by Crippen LogP contribution is 2.34. The van der Waals surface area contributed by atoms with Crippen molar-refractivity contribution < 1.29 is 9.59 Å². The number of carbonyl (C=O) groups is 2. The lowest BCUT2D eigenvalue weighted by Gasteiger charge is -2.28. The Balaban J connectivity index is 1.84. The minimum absolute atomic E-state index is 0.0347. The molecule has 8 nitrogen and oxygen atoms in total. The zero-order valence-electron chi connectivity index (χ0n) is 18.1. The maximum absolute atomic E-state index is 13.2. The second-order valence-electron chi connectivity index (χ2n) is 7.53. The van der Waals surface area contributed by atoms with Crippen LogP contribution < -0.4 is 4.90 Å². The van der Waals surface area contributed by atoms with E-state index in [1.54, 1.807) is 25.3 Å². The van der Waals surface area contributed by atoms with Crippen LogP contribution in [0.5, 0.6) is 0 Å². The van der Waals surface area contributed by atoms with Crippen LogP contribution in [0.15, 0.2) is 39.7 Å². The molecule has 0 bridgehead atoms. The normalized spacial score (nSPS) is 19.6. The largest absolute Gasteiger partial charge is 0.342 e. The maximum Gasteiger partial charge on any atom is 0.280 e. The van der Waals surface area contributed by atoms with Crippen LogP contribution in [0.1, 0.15) is 33.1 Å². The Morgan fingerprint density at radius 3 is 2.71 bits per heavy atom. The SMILES string of the molecule is C=NC1=C(N=CC)[C@@H](CC(=O)N(CC)CCN2CCCC2)N(c2ccc(Cl)cn2)C1=O. The number of halogens is 1. The first kappa shape index (κ1) is 23.1. The van der Waals surface area contributed by atoms with Crippen LogP contribution in [0, 0.1) is 0 Å². The first-order chi connectivity index (χ1) is 15.0. The number of pyridine rings is 1. The third-order valence-electron chi connectivity index (χ3n) is 5.66. The molecule has 0 unspecified atom stereocenters. The van der Waals surface area contributed by atoms with E-state index in [0.29, 0.717) is 29.6 Å². The molecule has 1 fully saturated rings. The first-order valence-corrected chi connectivity index (χ1v) is 11.0. The third-order valence-corrected chi connectivity index (χ3v) is 5.89. The Kier molecular flexibility index (Phi) is 7.92. The van der Waals surface area contributed by atoms with Crippen molar-refractivity contribution in [1.29, 1.82) is 0 Å². The van der Waals surface area contributed by atoms with E-state index in [4.69, 9.17) is 11.6 Å². The molecule has 1 aromatic rings. The molecule has 0 spiro atoms. The molecule has 0 saturated carbocycles. The predicted molar refractivity (Wildman–Crippen MR) is 124 cm³/mol. The van der Waals surface area contributed by atoms with Crippen molar-refractivity contribution in [2.75, 3.05) is 37.6 Å². The van der Waals surface area contributed by atoms with E-state index in [9.17, 15) is 9.59 Å². The summed E-state index contributed by atoms with van der Waals surface area (Å²) in [6, 6.07) is 2.71. The molecule has 0 aliphatic carbocycles. The zero-order chi connectivity index (χ0) is 22.4. The Morgan fingerprint density at radius 1 is 1.39 bits per heavy atom. The number of aliphatic imine (C=N–C) groups is 2. The minimum atomic E-state index is -0.605. The zero-order valence-corrected chi connectivity index (χ0v) is 18.9. The van der Waals surface area contributed by atoms with Crippen molar-refractivity contribution >= 4 is 42.2 Å². The summed E-state index contributed by atoms with van der Waals surface area (Å²) in [6.07, 6.45) is 5.59. The Labute approximate surface area is 188 Å². The van der Waals surface area contributed by atoms with E-state index in [0.717, 1.165) is 19.6 Å². The summed E-state index contributed by atoms with van der Waals surface area (Å²) in [7, 11) is 0. The molecule has 1 atom stereocenters. The first-order valence-electron chi connectivity index (χ1n) is 10.6. The topological polar surface area (TPSA) is 81.5 Å². The second-order valence-corrected chi connectivity index (χ2v) is 7.97. The molecule has 0 N–H and O–H groups in total. The number of amides is 2. The number of hydrogen-bond donors (Lipinski definition) is 0. The van der Waals surface area contributed by atoms with Gasteiger partial charge in [-0.25, -0.2) is 4.98 Å². The van der Waals surface area contributed by atoms with Gasteiger partial charge in [-0.05, 0) is 58.6 Å². The van der Waals surface area contributed by atoms with E-state index in [1.807, 2.05) is 11.8 Å². The standard InChI is InChI=1S/C22H29ClN6O2/c1-4-25-20-17(14-19(30)28(5-2)13-12-27-10-6-7-11-27)29(22(31)21(20)24-3)18-9-8-16(23)15-26-18/h4,8-9,15,17H,3,5-7,10-14H2,1-2H3/t17-/m1/s1. The molecule has 2 aliphatic heterocycles. The highest BCUT2D eigenvalue weighted by Gasteiger charge is 2.42. The van der Waals surface area contributed by atoms with Crippen LogP contribution in [0.25, 0.3) is 0 Å². The summed E-state index contributed by atoms with van der Waals surface area (Å²) in [4.78, 5) is 44.6. The fraction of sp³-hybridized carbons (Fsp3) is 0.500. The van der Waals surface area contributed by atoms with Gasteiger partial charge in [-0.2, -0.15) is 0 Å². The predicted octanol–water partition coefficient (Wildman–Crippen LogP) is 2.79. The molecule has 0 aromatic carbocycles. The lowest BCUT2D eigenvalue weighted by atomic mass is 10.1. The van der Waals surface area contributed by atoms with E-state index < -0.39 is 6.04 Å². The smallest absolute Gasteiger partial charge is 0.280 e. The van der Waals surface area contributed by atoms with Crippen molar-refractivity contribution in [3.63, 3.8) is 0 Å². The monoisotopic (exact) mass is 444 g/mol. The van der Waals surface area contributed by atoms with E-state index >= 15 is 0 Å². The lowest BCUT2D eigenvalue weighted by Crippen LogP contribution is -2.43. The second kappa shape index (κ2) is 10.6. The van der Waals surface area contributed by atoms with Crippen LogP contribution in [-0.2, 0) is 9.59 Å². The molecule has 2 amide bonds. The quantitative estimate of drug-likeness (QED) is 0.548. The summed E-state index contributed by atoms with van der Waals surface area (Å²) >= 11 is 5.97. The van der Waals surface area contributed by atoms with Crippen molar-refractivity contribution in [3.8, 4) is 0 Å². The number of nitrogens with zero attached hydrogens (tertiary/aromatic N) is 6. The molecule has 1 saturated heterocycles. The van der Waals surface area contributed by atoms with Gasteiger partial charge in [0.05, 0.1) is 23.2 Å². The number of hydrogen-bond acceptors (Lipinski definition) is 6. The van der Waals surface area contributed by atoms with Crippen LogP contribution >= 0.6 is 11.6 Å². The molecule has 3 rings (SSSR count). The highest BCUT2D eigenvalue weighted by atomic mass is 35.5. The van der Waals surface area contributed by atoms with Gasteiger partial charge in [0.2, 0.25) is 5.91 Å². The molecule has 2 aliphatic rings. The van der Waals surface area contributed by atoms with Gasteiger partial charge in [0.15, 0.2) is 5.70 Å². The van der Waals surface area contributed by atoms with Crippen molar-refractivity contribution in [2.24, 2.45) is 9.98 Å². The van der Waals surface area contributed by atoms with Crippen LogP contribution in [0.4, 0.5) is 5.82 Å². The Morgan fingerprint density at radius 2 is 2.13 bits per heavy atom. The summed E-state index contributed by atoms with van der Waals surface area (Å²) in [6.45, 7) is 11.6. The van der Waals surface area contributed by atoms with Gasteiger partial charge < -0.3 is 9.80 Å². The molecular formula is C22H29ClN6O2. The number of likely N-dealkylation sites (tertiary alicyclic amines) is 1. The molecule has 166 valence electrons. The number of anilines is 1. The van der Waals surface area contributed by atoms with Gasteiger partial charge in [0, 0.05) is 32.0 Å². The fourth-order valence-corrected chi connectivity index (χ4v) is 4.18.